The predicted molar refractivity (Wildman–Crippen MR) is 163 cm³/mol. The molecule has 0 bridgehead atoms. The summed E-state index contributed by atoms with van der Waals surface area (Å²) in [7, 11) is -8.06. The smallest absolute Gasteiger partial charge is 0.414 e. The van der Waals surface area contributed by atoms with Gasteiger partial charge in [0.2, 0.25) is 0 Å². The summed E-state index contributed by atoms with van der Waals surface area (Å²) in [6.07, 6.45) is 2.62. The summed E-state index contributed by atoms with van der Waals surface area (Å²) in [5.74, 6) is 0. The van der Waals surface area contributed by atoms with Crippen molar-refractivity contribution in [1.29, 1.82) is 0 Å². The maximum atomic E-state index is 13.2. The largest absolute Gasteiger partial charge is 0.523 e. The van der Waals surface area contributed by atoms with Crippen LogP contribution in [0.15, 0.2) is 0 Å². The van der Waals surface area contributed by atoms with Crippen molar-refractivity contribution in [2.24, 2.45) is 0 Å². The molecule has 0 aliphatic heterocycles. The van der Waals surface area contributed by atoms with Crippen molar-refractivity contribution in [1.82, 2.24) is 0 Å². The zero-order valence-electron chi connectivity index (χ0n) is 27.5. The van der Waals surface area contributed by atoms with E-state index in [1.165, 1.54) is 0 Å². The summed E-state index contributed by atoms with van der Waals surface area (Å²) in [6, 6.07) is 0. The van der Waals surface area contributed by atoms with Gasteiger partial charge < -0.3 is 23.4 Å². The molecule has 0 fully saturated rings. The molecule has 42 heavy (non-hydrogen) atoms. The first kappa shape index (κ1) is 41.7. The first-order valence-electron chi connectivity index (χ1n) is 15.5. The number of unbranched alkanes of at least 4 members (excludes halogenated alkanes) is 4. The highest BCUT2D eigenvalue weighted by molar-refractivity contribution is 7.87. The molecule has 0 aliphatic carbocycles. The van der Waals surface area contributed by atoms with Gasteiger partial charge in [0.1, 0.15) is 24.4 Å². The fraction of sp³-hybridized carbons (Fsp3) is 1.00. The lowest BCUT2D eigenvalue weighted by Gasteiger charge is -2.41. The third-order valence-electron chi connectivity index (χ3n) is 7.42. The molecule has 4 atom stereocenters. The van der Waals surface area contributed by atoms with Crippen molar-refractivity contribution in [2.45, 2.75) is 148 Å². The van der Waals surface area contributed by atoms with Crippen LogP contribution in [0.4, 0.5) is 13.2 Å². The molecule has 0 rings (SSSR count). The summed E-state index contributed by atoms with van der Waals surface area (Å²) in [6.45, 7) is 19.2. The van der Waals surface area contributed by atoms with Gasteiger partial charge in [0.05, 0.1) is 13.2 Å². The number of hydrogen-bond donors (Lipinski definition) is 0. The Morgan fingerprint density at radius 1 is 0.643 bits per heavy atom. The molecule has 0 unspecified atom stereocenters. The maximum Gasteiger partial charge on any atom is 0.523 e. The minimum Gasteiger partial charge on any atom is -0.414 e. The van der Waals surface area contributed by atoms with Gasteiger partial charge in [0.15, 0.2) is 8.32 Å². The van der Waals surface area contributed by atoms with Crippen LogP contribution in [0, 0.1) is 0 Å². The molecular weight excluding hydrogens is 593 g/mol. The highest BCUT2D eigenvalue weighted by Gasteiger charge is 2.49. The molecule has 0 saturated heterocycles. The van der Waals surface area contributed by atoms with Crippen LogP contribution in [0.2, 0.25) is 18.1 Å². The van der Waals surface area contributed by atoms with E-state index in [9.17, 15) is 21.6 Å². The summed E-state index contributed by atoms with van der Waals surface area (Å²) >= 11 is 0. The number of hydrogen-bond acceptors (Lipinski definition) is 8. The molecule has 0 aromatic heterocycles. The molecule has 0 heterocycles. The SMILES string of the molecule is CCCCO[C@@H]([C@H](OCCCC)[C@@H](COS(=O)(=O)C(F)(F)F)OCCCC)[C@@H](CO[Si](C)(C)C(C)(C)C)OCCCC. The average molecular weight is 653 g/mol. The molecule has 0 aromatic carbocycles. The molecule has 254 valence electrons. The van der Waals surface area contributed by atoms with E-state index in [4.69, 9.17) is 23.4 Å². The molecule has 0 aromatic rings. The van der Waals surface area contributed by atoms with Gasteiger partial charge in [-0.05, 0) is 43.8 Å². The lowest BCUT2D eigenvalue weighted by atomic mass is 10.0. The minimum absolute atomic E-state index is 0.0673. The van der Waals surface area contributed by atoms with Crippen LogP contribution in [-0.2, 0) is 37.7 Å². The number of halogens is 3. The Morgan fingerprint density at radius 3 is 1.33 bits per heavy atom. The Hall–Kier alpha value is -0.283. The third kappa shape index (κ3) is 15.6. The summed E-state index contributed by atoms with van der Waals surface area (Å²) < 4.78 is 99.3. The molecule has 0 spiro atoms. The summed E-state index contributed by atoms with van der Waals surface area (Å²) in [5, 5.41) is -0.0673. The van der Waals surface area contributed by atoms with Gasteiger partial charge in [0.25, 0.3) is 0 Å². The Bertz CT molecular complexity index is 791. The highest BCUT2D eigenvalue weighted by atomic mass is 32.2. The zero-order valence-corrected chi connectivity index (χ0v) is 29.3. The standard InChI is InChI=1S/C29H59F3O8SSi/c1-10-14-18-35-24(22-39-41(33,34)29(30,31)32)26(37-20-16-12-3)27(38-21-17-13-4)25(36-19-15-11-2)23-40-42(8,9)28(5,6)7/h24-27H,10-23H2,1-9H3/t24-,25-,26-,27-/m1/s1. The maximum absolute atomic E-state index is 13.2. The molecule has 0 amide bonds. The van der Waals surface area contributed by atoms with E-state index >= 15 is 0 Å². The monoisotopic (exact) mass is 652 g/mol. The number of ether oxygens (including phenoxy) is 4. The van der Waals surface area contributed by atoms with Gasteiger partial charge in [-0.3, -0.25) is 4.18 Å². The molecule has 13 heteroatoms. The van der Waals surface area contributed by atoms with E-state index in [0.29, 0.717) is 26.1 Å². The molecule has 0 N–H and O–H groups in total. The first-order chi connectivity index (χ1) is 19.5. The Balaban J connectivity index is 6.62. The van der Waals surface area contributed by atoms with E-state index < -0.39 is 55.0 Å². The van der Waals surface area contributed by atoms with Gasteiger partial charge in [-0.1, -0.05) is 74.1 Å². The second-order valence-electron chi connectivity index (χ2n) is 12.2. The zero-order chi connectivity index (χ0) is 32.5. The quantitative estimate of drug-likeness (QED) is 0.0431. The van der Waals surface area contributed by atoms with E-state index in [1.807, 2.05) is 27.7 Å². The third-order valence-corrected chi connectivity index (χ3v) is 12.9. The summed E-state index contributed by atoms with van der Waals surface area (Å²) in [5.41, 5.74) is -5.56. The topological polar surface area (TPSA) is 89.5 Å². The molecule has 0 aliphatic rings. The van der Waals surface area contributed by atoms with E-state index in [1.54, 1.807) is 0 Å². The molecular formula is C29H59F3O8SSi. The van der Waals surface area contributed by atoms with Crippen LogP contribution >= 0.6 is 0 Å². The van der Waals surface area contributed by atoms with Crippen LogP contribution in [0.3, 0.4) is 0 Å². The first-order valence-corrected chi connectivity index (χ1v) is 19.9. The lowest BCUT2D eigenvalue weighted by molar-refractivity contribution is -0.190. The van der Waals surface area contributed by atoms with Crippen molar-refractivity contribution in [3.63, 3.8) is 0 Å². The van der Waals surface area contributed by atoms with Gasteiger partial charge in [-0.15, -0.1) is 0 Å². The van der Waals surface area contributed by atoms with Crippen LogP contribution in [0.25, 0.3) is 0 Å². The van der Waals surface area contributed by atoms with Crippen molar-refractivity contribution < 1.29 is 49.1 Å². The van der Waals surface area contributed by atoms with Crippen molar-refractivity contribution in [3.05, 3.63) is 0 Å². The Kier molecular flexibility index (Phi) is 20.6. The highest BCUT2D eigenvalue weighted by Crippen LogP contribution is 2.37. The molecule has 8 nitrogen and oxygen atoms in total. The van der Waals surface area contributed by atoms with Gasteiger partial charge >= 0.3 is 15.6 Å². The van der Waals surface area contributed by atoms with Crippen LogP contribution in [-0.4, -0.2) is 86.3 Å². The van der Waals surface area contributed by atoms with Gasteiger partial charge in [-0.2, -0.15) is 21.6 Å². The van der Waals surface area contributed by atoms with Crippen LogP contribution in [0.1, 0.15) is 99.8 Å². The van der Waals surface area contributed by atoms with Crippen molar-refractivity contribution >= 4 is 18.4 Å². The Labute approximate surface area is 254 Å². The van der Waals surface area contributed by atoms with Gasteiger partial charge in [0, 0.05) is 26.4 Å². The predicted octanol–water partition coefficient (Wildman–Crippen LogP) is 7.62. The Morgan fingerprint density at radius 2 is 1.00 bits per heavy atom. The van der Waals surface area contributed by atoms with Gasteiger partial charge in [-0.25, -0.2) is 0 Å². The van der Waals surface area contributed by atoms with Crippen molar-refractivity contribution in [2.75, 3.05) is 39.6 Å². The number of alkyl halides is 3. The fourth-order valence-corrected chi connectivity index (χ4v) is 4.98. The average Bonchev–Trinajstić information content (AvgIpc) is 2.88. The molecule has 0 radical (unpaired) electrons. The minimum atomic E-state index is -5.84. The lowest BCUT2D eigenvalue weighted by Crippen LogP contribution is -2.54. The van der Waals surface area contributed by atoms with E-state index in [-0.39, 0.29) is 24.9 Å². The second-order valence-corrected chi connectivity index (χ2v) is 18.6. The van der Waals surface area contributed by atoms with E-state index in [0.717, 1.165) is 38.5 Å². The summed E-state index contributed by atoms with van der Waals surface area (Å²) in [4.78, 5) is 0. The van der Waals surface area contributed by atoms with E-state index in [2.05, 4.69) is 38.0 Å². The molecule has 0 saturated carbocycles. The second kappa shape index (κ2) is 20.7. The van der Waals surface area contributed by atoms with Crippen LogP contribution < -0.4 is 0 Å². The number of rotatable bonds is 25. The van der Waals surface area contributed by atoms with Crippen molar-refractivity contribution in [3.8, 4) is 0 Å². The fourth-order valence-electron chi connectivity index (χ4n) is 3.52. The van der Waals surface area contributed by atoms with Crippen LogP contribution in [0.5, 0.6) is 0 Å². The normalized spacial score (nSPS) is 16.4.